The summed E-state index contributed by atoms with van der Waals surface area (Å²) in [7, 11) is 0. The summed E-state index contributed by atoms with van der Waals surface area (Å²) in [5.41, 5.74) is 0.653. The maximum atomic E-state index is 12.9. The normalized spacial score (nSPS) is 28.8. The van der Waals surface area contributed by atoms with Crippen LogP contribution in [0.25, 0.3) is 0 Å². The van der Waals surface area contributed by atoms with E-state index in [9.17, 15) is 14.4 Å². The van der Waals surface area contributed by atoms with Gasteiger partial charge in [-0.2, -0.15) is 0 Å². The van der Waals surface area contributed by atoms with E-state index in [-0.39, 0.29) is 18.5 Å². The molecular formula is C20H27N3O3. The maximum absolute atomic E-state index is 12.9. The Balaban J connectivity index is 1.68. The van der Waals surface area contributed by atoms with Crippen LogP contribution in [-0.4, -0.2) is 35.3 Å². The molecule has 3 rings (SSSR count). The summed E-state index contributed by atoms with van der Waals surface area (Å²) in [4.78, 5) is 38.7. The van der Waals surface area contributed by atoms with E-state index < -0.39 is 17.5 Å². The number of benzene rings is 1. The van der Waals surface area contributed by atoms with Crippen molar-refractivity contribution in [3.05, 3.63) is 35.4 Å². The lowest BCUT2D eigenvalue weighted by Crippen LogP contribution is -2.47. The fraction of sp³-hybridized carbons (Fsp3) is 0.550. The van der Waals surface area contributed by atoms with Crippen LogP contribution in [0.2, 0.25) is 0 Å². The third-order valence-corrected chi connectivity index (χ3v) is 5.66. The molecule has 140 valence electrons. The summed E-state index contributed by atoms with van der Waals surface area (Å²) in [5.74, 6) is -0.243. The molecule has 0 unspecified atom stereocenters. The van der Waals surface area contributed by atoms with E-state index in [2.05, 4.69) is 17.6 Å². The van der Waals surface area contributed by atoms with Gasteiger partial charge in [0.1, 0.15) is 12.1 Å². The van der Waals surface area contributed by atoms with Crippen molar-refractivity contribution in [2.24, 2.45) is 5.92 Å². The standard InChI is InChI=1S/C20H27N3O3/c1-13-8-10-15(11-9-13)20(3)18(25)23(19(26)22-20)12-17(24)21-16-7-5-4-6-14(16)2/h8-11,14,16H,4-7,12H2,1-3H3,(H,21,24)(H,22,26)/t14-,16+,20-/m0/s1. The molecule has 26 heavy (non-hydrogen) atoms. The van der Waals surface area contributed by atoms with E-state index in [4.69, 9.17) is 0 Å². The molecular weight excluding hydrogens is 330 g/mol. The highest BCUT2D eigenvalue weighted by molar-refractivity contribution is 6.09. The van der Waals surface area contributed by atoms with Crippen molar-refractivity contribution in [3.8, 4) is 0 Å². The zero-order chi connectivity index (χ0) is 18.9. The fourth-order valence-electron chi connectivity index (χ4n) is 3.85. The molecule has 0 radical (unpaired) electrons. The SMILES string of the molecule is Cc1ccc([C@]2(C)NC(=O)N(CC(=O)N[C@@H]3CCCC[C@@H]3C)C2=O)cc1. The second-order valence-electron chi connectivity index (χ2n) is 7.75. The lowest BCUT2D eigenvalue weighted by Gasteiger charge is -2.30. The van der Waals surface area contributed by atoms with Crippen LogP contribution >= 0.6 is 0 Å². The van der Waals surface area contributed by atoms with Gasteiger partial charge in [-0.05, 0) is 38.2 Å². The Hall–Kier alpha value is -2.37. The molecule has 1 aromatic carbocycles. The van der Waals surface area contributed by atoms with Crippen molar-refractivity contribution in [2.75, 3.05) is 6.54 Å². The van der Waals surface area contributed by atoms with E-state index in [1.807, 2.05) is 31.2 Å². The highest BCUT2D eigenvalue weighted by atomic mass is 16.2. The van der Waals surface area contributed by atoms with Crippen molar-refractivity contribution < 1.29 is 14.4 Å². The number of urea groups is 1. The molecule has 0 aromatic heterocycles. The predicted molar refractivity (Wildman–Crippen MR) is 98.3 cm³/mol. The van der Waals surface area contributed by atoms with Gasteiger partial charge in [0.15, 0.2) is 0 Å². The number of rotatable bonds is 4. The van der Waals surface area contributed by atoms with E-state index in [1.54, 1.807) is 6.92 Å². The van der Waals surface area contributed by atoms with E-state index in [0.717, 1.165) is 29.7 Å². The van der Waals surface area contributed by atoms with Gasteiger partial charge in [-0.1, -0.05) is 49.6 Å². The molecule has 1 aliphatic heterocycles. The summed E-state index contributed by atoms with van der Waals surface area (Å²) in [6.07, 6.45) is 4.34. The van der Waals surface area contributed by atoms with Crippen LogP contribution < -0.4 is 10.6 Å². The Morgan fingerprint density at radius 2 is 1.88 bits per heavy atom. The van der Waals surface area contributed by atoms with Crippen LogP contribution in [0.5, 0.6) is 0 Å². The number of hydrogen-bond donors (Lipinski definition) is 2. The van der Waals surface area contributed by atoms with Crippen LogP contribution in [0.4, 0.5) is 4.79 Å². The second kappa shape index (κ2) is 7.09. The van der Waals surface area contributed by atoms with Crippen molar-refractivity contribution in [1.82, 2.24) is 15.5 Å². The first kappa shape index (κ1) is 18.4. The first-order valence-corrected chi connectivity index (χ1v) is 9.32. The average Bonchev–Trinajstić information content (AvgIpc) is 2.82. The number of nitrogens with one attached hydrogen (secondary N) is 2. The van der Waals surface area contributed by atoms with Crippen LogP contribution in [0.1, 0.15) is 50.7 Å². The molecule has 1 aromatic rings. The Kier molecular flexibility index (Phi) is 5.03. The zero-order valence-corrected chi connectivity index (χ0v) is 15.7. The molecule has 1 saturated heterocycles. The van der Waals surface area contributed by atoms with Crippen molar-refractivity contribution in [3.63, 3.8) is 0 Å². The molecule has 3 atom stereocenters. The average molecular weight is 357 g/mol. The first-order valence-electron chi connectivity index (χ1n) is 9.32. The zero-order valence-electron chi connectivity index (χ0n) is 15.7. The van der Waals surface area contributed by atoms with E-state index in [1.165, 1.54) is 6.42 Å². The van der Waals surface area contributed by atoms with Crippen molar-refractivity contribution in [1.29, 1.82) is 0 Å². The van der Waals surface area contributed by atoms with Crippen LogP contribution in [0.3, 0.4) is 0 Å². The monoisotopic (exact) mass is 357 g/mol. The minimum atomic E-state index is -1.14. The van der Waals surface area contributed by atoms with Crippen molar-refractivity contribution in [2.45, 2.75) is 58.0 Å². The predicted octanol–water partition coefficient (Wildman–Crippen LogP) is 2.46. The molecule has 2 aliphatic rings. The summed E-state index contributed by atoms with van der Waals surface area (Å²) < 4.78 is 0. The molecule has 1 aliphatic carbocycles. The lowest BCUT2D eigenvalue weighted by molar-refractivity contribution is -0.135. The topological polar surface area (TPSA) is 78.5 Å². The number of aryl methyl sites for hydroxylation is 1. The van der Waals surface area contributed by atoms with E-state index in [0.29, 0.717) is 11.5 Å². The Labute approximate surface area is 154 Å². The first-order chi connectivity index (χ1) is 12.3. The largest absolute Gasteiger partial charge is 0.352 e. The minimum Gasteiger partial charge on any atom is -0.352 e. The van der Waals surface area contributed by atoms with Gasteiger partial charge in [0.05, 0.1) is 0 Å². The summed E-state index contributed by atoms with van der Waals surface area (Å²) in [6.45, 7) is 5.53. The van der Waals surface area contributed by atoms with Crippen LogP contribution in [-0.2, 0) is 15.1 Å². The smallest absolute Gasteiger partial charge is 0.325 e. The molecule has 6 nitrogen and oxygen atoms in total. The van der Waals surface area contributed by atoms with Gasteiger partial charge in [0.25, 0.3) is 5.91 Å². The molecule has 1 heterocycles. The number of carbonyl (C=O) groups is 3. The maximum Gasteiger partial charge on any atom is 0.325 e. The quantitative estimate of drug-likeness (QED) is 0.813. The van der Waals surface area contributed by atoms with Crippen LogP contribution in [0, 0.1) is 12.8 Å². The third kappa shape index (κ3) is 3.45. The molecule has 0 spiro atoms. The molecule has 2 N–H and O–H groups in total. The minimum absolute atomic E-state index is 0.125. The number of imide groups is 1. The highest BCUT2D eigenvalue weighted by Crippen LogP contribution is 2.29. The lowest BCUT2D eigenvalue weighted by atomic mass is 9.86. The molecule has 0 bridgehead atoms. The van der Waals surface area contributed by atoms with Crippen LogP contribution in [0.15, 0.2) is 24.3 Å². The van der Waals surface area contributed by atoms with Crippen molar-refractivity contribution >= 4 is 17.8 Å². The van der Waals surface area contributed by atoms with Gasteiger partial charge >= 0.3 is 6.03 Å². The molecule has 6 heteroatoms. The Morgan fingerprint density at radius 3 is 2.54 bits per heavy atom. The Bertz CT molecular complexity index is 716. The van der Waals surface area contributed by atoms with Gasteiger partial charge in [-0.25, -0.2) is 4.79 Å². The highest BCUT2D eigenvalue weighted by Gasteiger charge is 2.49. The van der Waals surface area contributed by atoms with Gasteiger partial charge in [0.2, 0.25) is 5.91 Å². The number of nitrogens with zero attached hydrogens (tertiary/aromatic N) is 1. The number of hydrogen-bond acceptors (Lipinski definition) is 3. The van der Waals surface area contributed by atoms with Gasteiger partial charge in [-0.3, -0.25) is 14.5 Å². The molecule has 4 amide bonds. The second-order valence-corrected chi connectivity index (χ2v) is 7.75. The fourth-order valence-corrected chi connectivity index (χ4v) is 3.85. The van der Waals surface area contributed by atoms with Gasteiger partial charge < -0.3 is 10.6 Å². The number of carbonyl (C=O) groups excluding carboxylic acids is 3. The van der Waals surface area contributed by atoms with Gasteiger partial charge in [0, 0.05) is 6.04 Å². The Morgan fingerprint density at radius 1 is 1.23 bits per heavy atom. The molecule has 1 saturated carbocycles. The third-order valence-electron chi connectivity index (χ3n) is 5.66. The van der Waals surface area contributed by atoms with E-state index >= 15 is 0 Å². The van der Waals surface area contributed by atoms with Gasteiger partial charge in [-0.15, -0.1) is 0 Å². The number of amides is 4. The molecule has 2 fully saturated rings. The summed E-state index contributed by atoms with van der Waals surface area (Å²) >= 11 is 0. The summed E-state index contributed by atoms with van der Waals surface area (Å²) in [5, 5.41) is 5.74. The summed E-state index contributed by atoms with van der Waals surface area (Å²) in [6, 6.07) is 7.08.